The maximum atomic E-state index is 3.70. The van der Waals surface area contributed by atoms with Crippen LogP contribution in [0.1, 0.15) is 31.2 Å². The molecule has 1 heterocycles. The lowest BCUT2D eigenvalue weighted by Crippen LogP contribution is -2.53. The van der Waals surface area contributed by atoms with Crippen LogP contribution in [0.15, 0.2) is 30.3 Å². The largest absolute Gasteiger partial charge is 0.310 e. The molecule has 1 aromatic rings. The summed E-state index contributed by atoms with van der Waals surface area (Å²) >= 11 is 0. The Kier molecular flexibility index (Phi) is 3.40. The van der Waals surface area contributed by atoms with Crippen molar-refractivity contribution in [2.24, 2.45) is 5.41 Å². The molecule has 1 aromatic carbocycles. The van der Waals surface area contributed by atoms with Gasteiger partial charge in [0.05, 0.1) is 0 Å². The Bertz CT molecular complexity index is 371. The summed E-state index contributed by atoms with van der Waals surface area (Å²) in [5, 5.41) is 3.70. The third kappa shape index (κ3) is 2.60. The first-order chi connectivity index (χ1) is 8.76. The summed E-state index contributed by atoms with van der Waals surface area (Å²) in [4.78, 5) is 2.47. The van der Waals surface area contributed by atoms with Crippen molar-refractivity contribution in [1.29, 1.82) is 0 Å². The third-order valence-corrected chi connectivity index (χ3v) is 4.84. The first kappa shape index (κ1) is 12.2. The average Bonchev–Trinajstić information content (AvgIpc) is 2.37. The SMILES string of the molecule is CN1CCC2(CC1)CC(NCc1ccccc1)C2. The van der Waals surface area contributed by atoms with Crippen LogP contribution >= 0.6 is 0 Å². The molecule has 0 aromatic heterocycles. The molecular weight excluding hydrogens is 220 g/mol. The van der Waals surface area contributed by atoms with Crippen LogP contribution in [0, 0.1) is 5.41 Å². The van der Waals surface area contributed by atoms with E-state index in [2.05, 4.69) is 47.6 Å². The van der Waals surface area contributed by atoms with E-state index in [9.17, 15) is 0 Å². The van der Waals surface area contributed by atoms with Crippen LogP contribution in [-0.4, -0.2) is 31.1 Å². The molecule has 3 rings (SSSR count). The fraction of sp³-hybridized carbons (Fsp3) is 0.625. The molecule has 1 aliphatic carbocycles. The topological polar surface area (TPSA) is 15.3 Å². The highest BCUT2D eigenvalue weighted by Crippen LogP contribution is 2.48. The molecule has 98 valence electrons. The smallest absolute Gasteiger partial charge is 0.0208 e. The standard InChI is InChI=1S/C16H24N2/c1-18-9-7-16(8-10-18)11-15(12-16)17-13-14-5-3-2-4-6-14/h2-6,15,17H,7-13H2,1H3. The van der Waals surface area contributed by atoms with E-state index in [4.69, 9.17) is 0 Å². The van der Waals surface area contributed by atoms with E-state index in [0.29, 0.717) is 5.41 Å². The van der Waals surface area contributed by atoms with Gasteiger partial charge in [0.2, 0.25) is 0 Å². The summed E-state index contributed by atoms with van der Waals surface area (Å²) in [5.41, 5.74) is 2.10. The Morgan fingerprint density at radius 2 is 1.83 bits per heavy atom. The van der Waals surface area contributed by atoms with E-state index >= 15 is 0 Å². The average molecular weight is 244 g/mol. The molecule has 2 nitrogen and oxygen atoms in total. The molecule has 18 heavy (non-hydrogen) atoms. The normalized spacial score (nSPS) is 24.1. The van der Waals surface area contributed by atoms with Crippen molar-refractivity contribution in [3.8, 4) is 0 Å². The molecule has 2 aliphatic rings. The predicted molar refractivity (Wildman–Crippen MR) is 75.5 cm³/mol. The summed E-state index contributed by atoms with van der Waals surface area (Å²) in [7, 11) is 2.25. The summed E-state index contributed by atoms with van der Waals surface area (Å²) in [6, 6.07) is 11.5. The minimum absolute atomic E-state index is 0.695. The highest BCUT2D eigenvalue weighted by atomic mass is 15.1. The lowest BCUT2D eigenvalue weighted by Gasteiger charge is -2.52. The quantitative estimate of drug-likeness (QED) is 0.879. The van der Waals surface area contributed by atoms with Gasteiger partial charge in [0, 0.05) is 12.6 Å². The fourth-order valence-corrected chi connectivity index (χ4v) is 3.49. The minimum atomic E-state index is 0.695. The zero-order chi connectivity index (χ0) is 12.4. The van der Waals surface area contributed by atoms with Crippen molar-refractivity contribution in [1.82, 2.24) is 10.2 Å². The zero-order valence-corrected chi connectivity index (χ0v) is 11.4. The van der Waals surface area contributed by atoms with E-state index in [1.807, 2.05) is 0 Å². The summed E-state index contributed by atoms with van der Waals surface area (Å²) in [6.07, 6.45) is 5.61. The molecule has 1 spiro atoms. The van der Waals surface area contributed by atoms with Gasteiger partial charge < -0.3 is 10.2 Å². The van der Waals surface area contributed by atoms with E-state index in [1.54, 1.807) is 0 Å². The predicted octanol–water partition coefficient (Wildman–Crippen LogP) is 2.65. The monoisotopic (exact) mass is 244 g/mol. The Morgan fingerprint density at radius 1 is 1.17 bits per heavy atom. The summed E-state index contributed by atoms with van der Waals surface area (Å²) in [5.74, 6) is 0. The molecule has 1 aliphatic heterocycles. The van der Waals surface area contributed by atoms with Crippen LogP contribution in [0.3, 0.4) is 0 Å². The first-order valence-corrected chi connectivity index (χ1v) is 7.22. The first-order valence-electron chi connectivity index (χ1n) is 7.22. The molecule has 0 unspecified atom stereocenters. The summed E-state index contributed by atoms with van der Waals surface area (Å²) < 4.78 is 0. The van der Waals surface area contributed by atoms with Crippen LogP contribution in [-0.2, 0) is 6.54 Å². The van der Waals surface area contributed by atoms with Crippen LogP contribution in [0.4, 0.5) is 0 Å². The van der Waals surface area contributed by atoms with Crippen LogP contribution in [0.25, 0.3) is 0 Å². The molecule has 2 heteroatoms. The third-order valence-electron chi connectivity index (χ3n) is 4.84. The molecule has 0 amide bonds. The Labute approximate surface area is 110 Å². The second-order valence-corrected chi connectivity index (χ2v) is 6.27. The van der Waals surface area contributed by atoms with E-state index in [1.165, 1.54) is 44.3 Å². The van der Waals surface area contributed by atoms with Crippen molar-refractivity contribution >= 4 is 0 Å². The highest BCUT2D eigenvalue weighted by Gasteiger charge is 2.44. The lowest BCUT2D eigenvalue weighted by atomic mass is 9.60. The molecule has 2 fully saturated rings. The highest BCUT2D eigenvalue weighted by molar-refractivity contribution is 5.14. The van der Waals surface area contributed by atoms with Crippen molar-refractivity contribution in [3.63, 3.8) is 0 Å². The zero-order valence-electron chi connectivity index (χ0n) is 11.4. The lowest BCUT2D eigenvalue weighted by molar-refractivity contribution is 0.0129. The van der Waals surface area contributed by atoms with Gasteiger partial charge >= 0.3 is 0 Å². The van der Waals surface area contributed by atoms with Gasteiger partial charge in [-0.1, -0.05) is 30.3 Å². The van der Waals surface area contributed by atoms with E-state index in [0.717, 1.165) is 12.6 Å². The number of benzene rings is 1. The number of likely N-dealkylation sites (tertiary alicyclic amines) is 1. The fourth-order valence-electron chi connectivity index (χ4n) is 3.49. The van der Waals surface area contributed by atoms with Crippen molar-refractivity contribution in [2.45, 2.75) is 38.3 Å². The van der Waals surface area contributed by atoms with Crippen molar-refractivity contribution < 1.29 is 0 Å². The Hall–Kier alpha value is -0.860. The van der Waals surface area contributed by atoms with Crippen molar-refractivity contribution in [3.05, 3.63) is 35.9 Å². The van der Waals surface area contributed by atoms with Gasteiger partial charge in [-0.15, -0.1) is 0 Å². The molecule has 0 bridgehead atoms. The van der Waals surface area contributed by atoms with Gasteiger partial charge in [0.1, 0.15) is 0 Å². The molecule has 1 saturated carbocycles. The van der Waals surface area contributed by atoms with Gasteiger partial charge in [0.15, 0.2) is 0 Å². The Balaban J connectivity index is 1.43. The molecule has 1 saturated heterocycles. The number of nitrogens with one attached hydrogen (secondary N) is 1. The van der Waals surface area contributed by atoms with Gasteiger partial charge in [-0.2, -0.15) is 0 Å². The second kappa shape index (κ2) is 5.02. The molecule has 0 radical (unpaired) electrons. The van der Waals surface area contributed by atoms with Crippen LogP contribution in [0.2, 0.25) is 0 Å². The molecule has 0 atom stereocenters. The van der Waals surface area contributed by atoms with Crippen molar-refractivity contribution in [2.75, 3.05) is 20.1 Å². The number of rotatable bonds is 3. The molecular formula is C16H24N2. The number of nitrogens with zero attached hydrogens (tertiary/aromatic N) is 1. The minimum Gasteiger partial charge on any atom is -0.310 e. The number of hydrogen-bond donors (Lipinski definition) is 1. The van der Waals surface area contributed by atoms with E-state index in [-0.39, 0.29) is 0 Å². The van der Waals surface area contributed by atoms with Gasteiger partial charge in [0.25, 0.3) is 0 Å². The molecule has 1 N–H and O–H groups in total. The van der Waals surface area contributed by atoms with E-state index < -0.39 is 0 Å². The maximum Gasteiger partial charge on any atom is 0.0208 e. The Morgan fingerprint density at radius 3 is 2.50 bits per heavy atom. The number of hydrogen-bond acceptors (Lipinski definition) is 2. The number of piperidine rings is 1. The van der Waals surface area contributed by atoms with Gasteiger partial charge in [-0.05, 0) is 56.8 Å². The second-order valence-electron chi connectivity index (χ2n) is 6.27. The maximum absolute atomic E-state index is 3.70. The van der Waals surface area contributed by atoms with Gasteiger partial charge in [-0.25, -0.2) is 0 Å². The van der Waals surface area contributed by atoms with Gasteiger partial charge in [-0.3, -0.25) is 0 Å². The summed E-state index contributed by atoms with van der Waals surface area (Å²) in [6.45, 7) is 3.62. The van der Waals surface area contributed by atoms with Crippen LogP contribution < -0.4 is 5.32 Å². The van der Waals surface area contributed by atoms with Crippen LogP contribution in [0.5, 0.6) is 0 Å².